The molecule has 0 bridgehead atoms. The summed E-state index contributed by atoms with van der Waals surface area (Å²) in [5.74, 6) is 0.550. The Morgan fingerprint density at radius 1 is 1.33 bits per heavy atom. The van der Waals surface area contributed by atoms with E-state index in [2.05, 4.69) is 25.7 Å². The van der Waals surface area contributed by atoms with Crippen LogP contribution in [-0.2, 0) is 11.3 Å². The summed E-state index contributed by atoms with van der Waals surface area (Å²) in [4.78, 5) is 26.9. The average molecular weight is 371 g/mol. The monoisotopic (exact) mass is 371 g/mol. The molecule has 2 atom stereocenters. The van der Waals surface area contributed by atoms with Gasteiger partial charge in [0, 0.05) is 37.4 Å². The number of nitrogens with one attached hydrogen (secondary N) is 3. The molecule has 1 aliphatic rings. The highest BCUT2D eigenvalue weighted by molar-refractivity contribution is 5.92. The van der Waals surface area contributed by atoms with Gasteiger partial charge in [-0.25, -0.2) is 0 Å². The highest BCUT2D eigenvalue weighted by atomic mass is 16.5. The van der Waals surface area contributed by atoms with E-state index >= 15 is 0 Å². The van der Waals surface area contributed by atoms with Gasteiger partial charge in [0.2, 0.25) is 5.91 Å². The van der Waals surface area contributed by atoms with Crippen LogP contribution in [0.4, 0.5) is 0 Å². The lowest BCUT2D eigenvalue weighted by Crippen LogP contribution is -2.42. The summed E-state index contributed by atoms with van der Waals surface area (Å²) in [7, 11) is 1.64. The highest BCUT2D eigenvalue weighted by Gasteiger charge is 2.37. The molecule has 0 radical (unpaired) electrons. The van der Waals surface area contributed by atoms with Crippen LogP contribution in [0.5, 0.6) is 5.75 Å². The Balaban J connectivity index is 1.73. The van der Waals surface area contributed by atoms with Gasteiger partial charge in [-0.15, -0.1) is 0 Å². The van der Waals surface area contributed by atoms with Crippen molar-refractivity contribution in [3.63, 3.8) is 0 Å². The number of carbonyl (C=O) groups excluding carboxylic acids is 2. The van der Waals surface area contributed by atoms with Gasteiger partial charge in [0.25, 0.3) is 5.91 Å². The normalized spacial score (nSPS) is 19.6. The third-order valence-corrected chi connectivity index (χ3v) is 4.70. The summed E-state index contributed by atoms with van der Waals surface area (Å²) in [6.45, 7) is 3.62. The standard InChI is InChI=1S/C19H25N5O3/c1-3-20-19(26)16-10-14(22-18(25)15-8-9-21-23-15)12-24(16)11-13-6-4-5-7-17(13)27-2/h4-9,14,16H,3,10-12H2,1-2H3,(H,20,26)(H,21,23)(H,22,25). The third kappa shape index (κ3) is 4.46. The van der Waals surface area contributed by atoms with Crippen LogP contribution in [0.3, 0.4) is 0 Å². The topological polar surface area (TPSA) is 99.3 Å². The molecule has 2 aromatic rings. The fourth-order valence-electron chi connectivity index (χ4n) is 3.45. The molecule has 0 spiro atoms. The Bertz CT molecular complexity index is 777. The van der Waals surface area contributed by atoms with E-state index in [9.17, 15) is 9.59 Å². The molecule has 0 saturated carbocycles. The predicted molar refractivity (Wildman–Crippen MR) is 100 cm³/mol. The van der Waals surface area contributed by atoms with Gasteiger partial charge in [0.15, 0.2) is 0 Å². The summed E-state index contributed by atoms with van der Waals surface area (Å²) in [5, 5.41) is 12.3. The van der Waals surface area contributed by atoms with Crippen molar-refractivity contribution in [2.75, 3.05) is 20.2 Å². The van der Waals surface area contributed by atoms with Gasteiger partial charge in [-0.2, -0.15) is 5.10 Å². The fourth-order valence-corrected chi connectivity index (χ4v) is 3.45. The number of carbonyl (C=O) groups is 2. The summed E-state index contributed by atoms with van der Waals surface area (Å²) in [5.41, 5.74) is 1.42. The largest absolute Gasteiger partial charge is 0.496 e. The van der Waals surface area contributed by atoms with E-state index in [1.54, 1.807) is 13.2 Å². The van der Waals surface area contributed by atoms with Crippen LogP contribution in [0.1, 0.15) is 29.4 Å². The first kappa shape index (κ1) is 18.9. The van der Waals surface area contributed by atoms with Crippen LogP contribution in [0.2, 0.25) is 0 Å². The first-order chi connectivity index (χ1) is 13.1. The Labute approximate surface area is 158 Å². The molecule has 3 rings (SSSR count). The molecule has 8 nitrogen and oxygen atoms in total. The maximum atomic E-state index is 12.5. The second-order valence-electron chi connectivity index (χ2n) is 6.53. The van der Waals surface area contributed by atoms with E-state index < -0.39 is 0 Å². The Morgan fingerprint density at radius 2 is 2.15 bits per heavy atom. The molecule has 1 fully saturated rings. The maximum Gasteiger partial charge on any atom is 0.269 e. The molecule has 1 saturated heterocycles. The second-order valence-corrected chi connectivity index (χ2v) is 6.53. The van der Waals surface area contributed by atoms with Gasteiger partial charge in [0.05, 0.1) is 13.2 Å². The number of aromatic amines is 1. The lowest BCUT2D eigenvalue weighted by Gasteiger charge is -2.24. The van der Waals surface area contributed by atoms with E-state index in [0.29, 0.717) is 31.7 Å². The molecule has 1 aliphatic heterocycles. The van der Waals surface area contributed by atoms with Crippen LogP contribution in [0.25, 0.3) is 0 Å². The Kier molecular flexibility index (Phi) is 6.08. The number of likely N-dealkylation sites (tertiary alicyclic amines) is 1. The summed E-state index contributed by atoms with van der Waals surface area (Å²) >= 11 is 0. The molecule has 144 valence electrons. The zero-order valence-electron chi connectivity index (χ0n) is 15.6. The fraction of sp³-hybridized carbons (Fsp3) is 0.421. The van der Waals surface area contributed by atoms with Crippen molar-refractivity contribution < 1.29 is 14.3 Å². The molecule has 1 aromatic heterocycles. The molecule has 2 unspecified atom stereocenters. The summed E-state index contributed by atoms with van der Waals surface area (Å²) in [6.07, 6.45) is 2.09. The number of methoxy groups -OCH3 is 1. The second kappa shape index (κ2) is 8.68. The molecular formula is C19H25N5O3. The minimum Gasteiger partial charge on any atom is -0.496 e. The van der Waals surface area contributed by atoms with Crippen molar-refractivity contribution in [1.82, 2.24) is 25.7 Å². The molecule has 27 heavy (non-hydrogen) atoms. The van der Waals surface area contributed by atoms with Gasteiger partial charge in [-0.3, -0.25) is 19.6 Å². The van der Waals surface area contributed by atoms with E-state index in [0.717, 1.165) is 11.3 Å². The van der Waals surface area contributed by atoms with E-state index in [1.165, 1.54) is 6.20 Å². The Hall–Kier alpha value is -2.87. The van der Waals surface area contributed by atoms with E-state index in [4.69, 9.17) is 4.74 Å². The van der Waals surface area contributed by atoms with Gasteiger partial charge in [-0.1, -0.05) is 18.2 Å². The molecule has 2 amide bonds. The predicted octanol–water partition coefficient (Wildman–Crippen LogP) is 0.927. The number of likely N-dealkylation sites (N-methyl/N-ethyl adjacent to an activating group) is 1. The number of para-hydroxylation sites is 1. The number of hydrogen-bond acceptors (Lipinski definition) is 5. The van der Waals surface area contributed by atoms with Crippen molar-refractivity contribution in [1.29, 1.82) is 0 Å². The average Bonchev–Trinajstić information content (AvgIpc) is 3.32. The molecule has 2 heterocycles. The van der Waals surface area contributed by atoms with Gasteiger partial charge in [0.1, 0.15) is 11.4 Å². The molecule has 3 N–H and O–H groups in total. The third-order valence-electron chi connectivity index (χ3n) is 4.70. The SMILES string of the molecule is CCNC(=O)C1CC(NC(=O)c2ccn[nH]2)CN1Cc1ccccc1OC. The van der Waals surface area contributed by atoms with Gasteiger partial charge >= 0.3 is 0 Å². The number of H-pyrrole nitrogens is 1. The van der Waals surface area contributed by atoms with Crippen molar-refractivity contribution in [2.24, 2.45) is 0 Å². The van der Waals surface area contributed by atoms with Crippen LogP contribution in [0.15, 0.2) is 36.5 Å². The zero-order valence-corrected chi connectivity index (χ0v) is 15.6. The first-order valence-corrected chi connectivity index (χ1v) is 9.06. The lowest BCUT2D eigenvalue weighted by atomic mass is 10.1. The van der Waals surface area contributed by atoms with Crippen LogP contribution < -0.4 is 15.4 Å². The molecule has 8 heteroatoms. The number of hydrogen-bond donors (Lipinski definition) is 3. The Morgan fingerprint density at radius 3 is 2.85 bits per heavy atom. The minimum atomic E-state index is -0.304. The lowest BCUT2D eigenvalue weighted by molar-refractivity contribution is -0.125. The van der Waals surface area contributed by atoms with E-state index in [1.807, 2.05) is 31.2 Å². The minimum absolute atomic E-state index is 0.0225. The molecule has 0 aliphatic carbocycles. The molecular weight excluding hydrogens is 346 g/mol. The smallest absolute Gasteiger partial charge is 0.269 e. The van der Waals surface area contributed by atoms with Crippen molar-refractivity contribution in [3.05, 3.63) is 47.8 Å². The van der Waals surface area contributed by atoms with Crippen molar-refractivity contribution in [3.8, 4) is 5.75 Å². The van der Waals surface area contributed by atoms with Crippen LogP contribution >= 0.6 is 0 Å². The number of nitrogens with zero attached hydrogens (tertiary/aromatic N) is 2. The van der Waals surface area contributed by atoms with Gasteiger partial charge in [-0.05, 0) is 25.5 Å². The van der Waals surface area contributed by atoms with Crippen LogP contribution in [-0.4, -0.2) is 59.2 Å². The number of rotatable bonds is 7. The van der Waals surface area contributed by atoms with Crippen molar-refractivity contribution in [2.45, 2.75) is 32.0 Å². The summed E-state index contributed by atoms with van der Waals surface area (Å²) in [6, 6.07) is 8.96. The van der Waals surface area contributed by atoms with Crippen molar-refractivity contribution >= 4 is 11.8 Å². The number of benzene rings is 1. The quantitative estimate of drug-likeness (QED) is 0.672. The number of ether oxygens (including phenoxy) is 1. The number of amides is 2. The van der Waals surface area contributed by atoms with Gasteiger partial charge < -0.3 is 15.4 Å². The first-order valence-electron chi connectivity index (χ1n) is 9.06. The summed E-state index contributed by atoms with van der Waals surface area (Å²) < 4.78 is 5.43. The highest BCUT2D eigenvalue weighted by Crippen LogP contribution is 2.25. The number of aromatic nitrogens is 2. The van der Waals surface area contributed by atoms with Crippen LogP contribution in [0, 0.1) is 0 Å². The van der Waals surface area contributed by atoms with E-state index in [-0.39, 0.29) is 23.9 Å². The molecule has 1 aromatic carbocycles. The zero-order chi connectivity index (χ0) is 19.2. The maximum absolute atomic E-state index is 12.5.